The Kier molecular flexibility index (Phi) is 5.90. The molecule has 0 spiro atoms. The predicted octanol–water partition coefficient (Wildman–Crippen LogP) is 2.73. The standard InChI is InChI=1S/C17H23N7O2/c1-13-6-5-7-18-15(13)22-17-14(24(25)26)16(20-12-21-17)19-8-11-23-9-3-2-4-10-23/h5-7,12H,2-4,8-11H2,1H3,(H2,18,19,20,21,22). The van der Waals surface area contributed by atoms with Gasteiger partial charge in [0.2, 0.25) is 11.6 Å². The molecule has 3 rings (SSSR count). The van der Waals surface area contributed by atoms with Crippen molar-refractivity contribution >= 4 is 23.1 Å². The minimum Gasteiger partial charge on any atom is -0.363 e. The van der Waals surface area contributed by atoms with E-state index in [9.17, 15) is 10.1 Å². The molecular formula is C17H23N7O2. The minimum atomic E-state index is -0.468. The van der Waals surface area contributed by atoms with Crippen molar-refractivity contribution in [1.82, 2.24) is 19.9 Å². The zero-order chi connectivity index (χ0) is 18.4. The predicted molar refractivity (Wildman–Crippen MR) is 99.7 cm³/mol. The van der Waals surface area contributed by atoms with Gasteiger partial charge in [-0.05, 0) is 44.5 Å². The second-order valence-electron chi connectivity index (χ2n) is 6.30. The Morgan fingerprint density at radius 3 is 2.65 bits per heavy atom. The maximum atomic E-state index is 11.6. The van der Waals surface area contributed by atoms with Gasteiger partial charge < -0.3 is 15.5 Å². The molecule has 9 nitrogen and oxygen atoms in total. The average molecular weight is 357 g/mol. The maximum Gasteiger partial charge on any atom is 0.353 e. The van der Waals surface area contributed by atoms with Crippen LogP contribution in [0.2, 0.25) is 0 Å². The van der Waals surface area contributed by atoms with Crippen molar-refractivity contribution in [2.75, 3.05) is 36.8 Å². The van der Waals surface area contributed by atoms with E-state index in [4.69, 9.17) is 0 Å². The molecule has 0 saturated carbocycles. The average Bonchev–Trinajstić information content (AvgIpc) is 2.64. The summed E-state index contributed by atoms with van der Waals surface area (Å²) < 4.78 is 0. The molecule has 2 aromatic rings. The van der Waals surface area contributed by atoms with Crippen LogP contribution < -0.4 is 10.6 Å². The van der Waals surface area contributed by atoms with Crippen molar-refractivity contribution in [3.8, 4) is 0 Å². The van der Waals surface area contributed by atoms with E-state index in [1.54, 1.807) is 6.20 Å². The zero-order valence-corrected chi connectivity index (χ0v) is 14.8. The summed E-state index contributed by atoms with van der Waals surface area (Å²) in [7, 11) is 0. The first-order chi connectivity index (χ1) is 12.6. The highest BCUT2D eigenvalue weighted by Gasteiger charge is 2.23. The normalized spacial score (nSPS) is 14.8. The summed E-state index contributed by atoms with van der Waals surface area (Å²) in [4.78, 5) is 25.8. The van der Waals surface area contributed by atoms with Crippen molar-refractivity contribution in [2.24, 2.45) is 0 Å². The van der Waals surface area contributed by atoms with E-state index in [1.165, 1.54) is 25.6 Å². The summed E-state index contributed by atoms with van der Waals surface area (Å²) in [5.74, 6) is 0.888. The lowest BCUT2D eigenvalue weighted by atomic mass is 10.1. The minimum absolute atomic E-state index is 0.132. The van der Waals surface area contributed by atoms with Gasteiger partial charge in [-0.25, -0.2) is 15.0 Å². The summed E-state index contributed by atoms with van der Waals surface area (Å²) in [6, 6.07) is 3.68. The van der Waals surface area contributed by atoms with E-state index in [1.807, 2.05) is 19.1 Å². The van der Waals surface area contributed by atoms with Gasteiger partial charge in [0.05, 0.1) is 4.92 Å². The lowest BCUT2D eigenvalue weighted by molar-refractivity contribution is -0.383. The van der Waals surface area contributed by atoms with E-state index in [0.29, 0.717) is 12.4 Å². The van der Waals surface area contributed by atoms with Crippen molar-refractivity contribution in [1.29, 1.82) is 0 Å². The lowest BCUT2D eigenvalue weighted by Gasteiger charge is -2.26. The molecule has 0 aromatic carbocycles. The topological polar surface area (TPSA) is 109 Å². The van der Waals surface area contributed by atoms with Crippen LogP contribution in [0, 0.1) is 17.0 Å². The molecule has 138 valence electrons. The molecule has 0 unspecified atom stereocenters. The number of nitro groups is 1. The summed E-state index contributed by atoms with van der Waals surface area (Å²) in [6.07, 6.45) is 6.65. The Balaban J connectivity index is 1.73. The second-order valence-corrected chi connectivity index (χ2v) is 6.30. The molecule has 0 radical (unpaired) electrons. The van der Waals surface area contributed by atoms with Crippen molar-refractivity contribution < 1.29 is 4.92 Å². The number of aromatic nitrogens is 3. The van der Waals surface area contributed by atoms with E-state index in [2.05, 4.69) is 30.5 Å². The van der Waals surface area contributed by atoms with Gasteiger partial charge in [-0.15, -0.1) is 0 Å². The number of pyridine rings is 1. The lowest BCUT2D eigenvalue weighted by Crippen LogP contribution is -2.33. The molecule has 3 heterocycles. The SMILES string of the molecule is Cc1cccnc1Nc1ncnc(NCCN2CCCCC2)c1[N+](=O)[O-]. The van der Waals surface area contributed by atoms with E-state index in [-0.39, 0.29) is 17.3 Å². The summed E-state index contributed by atoms with van der Waals surface area (Å²) in [6.45, 7) is 5.47. The third-order valence-corrected chi connectivity index (χ3v) is 4.42. The Morgan fingerprint density at radius 1 is 1.15 bits per heavy atom. The molecule has 9 heteroatoms. The van der Waals surface area contributed by atoms with Crippen LogP contribution in [0.3, 0.4) is 0 Å². The number of rotatable bonds is 7. The first-order valence-corrected chi connectivity index (χ1v) is 8.79. The van der Waals surface area contributed by atoms with Gasteiger partial charge in [-0.3, -0.25) is 10.1 Å². The second kappa shape index (κ2) is 8.52. The molecule has 0 bridgehead atoms. The molecule has 0 amide bonds. The molecule has 2 N–H and O–H groups in total. The smallest absolute Gasteiger partial charge is 0.353 e. The van der Waals surface area contributed by atoms with E-state index in [0.717, 1.165) is 25.2 Å². The quantitative estimate of drug-likeness (QED) is 0.575. The van der Waals surface area contributed by atoms with Crippen molar-refractivity contribution in [3.63, 3.8) is 0 Å². The molecule has 26 heavy (non-hydrogen) atoms. The first-order valence-electron chi connectivity index (χ1n) is 8.79. The number of likely N-dealkylation sites (tertiary alicyclic amines) is 1. The van der Waals surface area contributed by atoms with Crippen LogP contribution in [0.1, 0.15) is 24.8 Å². The van der Waals surface area contributed by atoms with Crippen LogP contribution in [-0.4, -0.2) is 51.0 Å². The molecule has 2 aromatic heterocycles. The highest BCUT2D eigenvalue weighted by atomic mass is 16.6. The van der Waals surface area contributed by atoms with Gasteiger partial charge in [0.1, 0.15) is 12.1 Å². The van der Waals surface area contributed by atoms with Crippen LogP contribution in [0.15, 0.2) is 24.7 Å². The molecule has 1 saturated heterocycles. The molecule has 1 aliphatic heterocycles. The Hall–Kier alpha value is -2.81. The zero-order valence-electron chi connectivity index (χ0n) is 14.8. The largest absolute Gasteiger partial charge is 0.363 e. The van der Waals surface area contributed by atoms with Crippen molar-refractivity contribution in [2.45, 2.75) is 26.2 Å². The molecule has 0 aliphatic carbocycles. The van der Waals surface area contributed by atoms with Gasteiger partial charge in [0.15, 0.2) is 0 Å². The van der Waals surface area contributed by atoms with Gasteiger partial charge in [0.25, 0.3) is 0 Å². The number of nitrogens with one attached hydrogen (secondary N) is 2. The van der Waals surface area contributed by atoms with E-state index < -0.39 is 4.92 Å². The number of hydrogen-bond acceptors (Lipinski definition) is 8. The molecule has 0 atom stereocenters. The Morgan fingerprint density at radius 2 is 1.92 bits per heavy atom. The summed E-state index contributed by atoms with van der Waals surface area (Å²) in [5.41, 5.74) is 0.705. The van der Waals surface area contributed by atoms with Crippen LogP contribution >= 0.6 is 0 Å². The van der Waals surface area contributed by atoms with Crippen LogP contribution in [0.25, 0.3) is 0 Å². The molecule has 1 aliphatic rings. The van der Waals surface area contributed by atoms with Gasteiger partial charge in [-0.2, -0.15) is 0 Å². The van der Waals surface area contributed by atoms with Gasteiger partial charge >= 0.3 is 5.69 Å². The molecule has 1 fully saturated rings. The summed E-state index contributed by atoms with van der Waals surface area (Å²) >= 11 is 0. The van der Waals surface area contributed by atoms with Crippen LogP contribution in [0.4, 0.5) is 23.1 Å². The van der Waals surface area contributed by atoms with E-state index >= 15 is 0 Å². The number of anilines is 3. The van der Waals surface area contributed by atoms with Gasteiger partial charge in [0, 0.05) is 19.3 Å². The van der Waals surface area contributed by atoms with Crippen molar-refractivity contribution in [3.05, 3.63) is 40.3 Å². The molecular weight excluding hydrogens is 334 g/mol. The Labute approximate surface area is 152 Å². The highest BCUT2D eigenvalue weighted by Crippen LogP contribution is 2.31. The fourth-order valence-corrected chi connectivity index (χ4v) is 3.02. The number of aryl methyl sites for hydroxylation is 1. The summed E-state index contributed by atoms with van der Waals surface area (Å²) in [5, 5.41) is 17.6. The highest BCUT2D eigenvalue weighted by molar-refractivity contribution is 5.73. The fourth-order valence-electron chi connectivity index (χ4n) is 3.02. The fraction of sp³-hybridized carbons (Fsp3) is 0.471. The maximum absolute atomic E-state index is 11.6. The number of piperidine rings is 1. The number of nitrogens with zero attached hydrogens (tertiary/aromatic N) is 5. The van der Waals surface area contributed by atoms with Gasteiger partial charge in [-0.1, -0.05) is 12.5 Å². The monoisotopic (exact) mass is 357 g/mol. The third-order valence-electron chi connectivity index (χ3n) is 4.42. The van der Waals surface area contributed by atoms with Crippen LogP contribution in [0.5, 0.6) is 0 Å². The number of hydrogen-bond donors (Lipinski definition) is 2. The first kappa shape index (κ1) is 18.0. The third kappa shape index (κ3) is 4.42. The van der Waals surface area contributed by atoms with Crippen LogP contribution in [-0.2, 0) is 0 Å². The Bertz CT molecular complexity index is 763.